The van der Waals surface area contributed by atoms with Gasteiger partial charge in [-0.15, -0.1) is 0 Å². The molecule has 1 amide bonds. The Morgan fingerprint density at radius 2 is 1.67 bits per heavy atom. The van der Waals surface area contributed by atoms with Crippen molar-refractivity contribution in [1.82, 2.24) is 10.3 Å². The van der Waals surface area contributed by atoms with Gasteiger partial charge in [0, 0.05) is 23.6 Å². The molecule has 154 valence electrons. The zero-order chi connectivity index (χ0) is 21.6. The van der Waals surface area contributed by atoms with Crippen molar-refractivity contribution in [3.8, 4) is 0 Å². The van der Waals surface area contributed by atoms with Crippen LogP contribution in [0.5, 0.6) is 0 Å². The van der Waals surface area contributed by atoms with E-state index in [1.165, 1.54) is 48.8 Å². The fourth-order valence-electron chi connectivity index (χ4n) is 2.80. The summed E-state index contributed by atoms with van der Waals surface area (Å²) in [5.74, 6) is -1.60. The number of carboxylic acids is 1. The average molecular weight is 425 g/mol. The third-order valence-electron chi connectivity index (χ3n) is 4.22. The van der Waals surface area contributed by atoms with E-state index in [1.54, 1.807) is 30.3 Å². The van der Waals surface area contributed by atoms with Gasteiger partial charge in [0.15, 0.2) is 0 Å². The molecule has 1 aromatic heterocycles. The van der Waals surface area contributed by atoms with Gasteiger partial charge < -0.3 is 10.4 Å². The van der Waals surface area contributed by atoms with Crippen molar-refractivity contribution in [2.24, 2.45) is 0 Å². The molecule has 3 aromatic rings. The van der Waals surface area contributed by atoms with Crippen molar-refractivity contribution in [1.29, 1.82) is 0 Å². The van der Waals surface area contributed by atoms with Crippen molar-refractivity contribution in [3.05, 3.63) is 90.3 Å². The number of anilines is 1. The van der Waals surface area contributed by atoms with Gasteiger partial charge in [-0.3, -0.25) is 19.3 Å². The van der Waals surface area contributed by atoms with Crippen molar-refractivity contribution in [2.45, 2.75) is 17.4 Å². The molecule has 0 spiro atoms. The van der Waals surface area contributed by atoms with E-state index in [1.807, 2.05) is 0 Å². The standard InChI is InChI=1S/C21H19N3O5S/c25-20(26)14-19(15-9-11-22-12-10-15)23-21(27)16-5-4-6-17(13-16)24-30(28,29)18-7-2-1-3-8-18/h1-13,19,24H,14H2,(H,23,27)(H,25,26). The van der Waals surface area contributed by atoms with E-state index in [2.05, 4.69) is 15.0 Å². The summed E-state index contributed by atoms with van der Waals surface area (Å²) >= 11 is 0. The normalized spacial score (nSPS) is 12.0. The summed E-state index contributed by atoms with van der Waals surface area (Å²) in [5.41, 5.74) is 1.000. The number of aliphatic carboxylic acids is 1. The third kappa shape index (κ3) is 5.42. The predicted molar refractivity (Wildman–Crippen MR) is 110 cm³/mol. The number of hydrogen-bond donors (Lipinski definition) is 3. The molecule has 1 atom stereocenters. The van der Waals surface area contributed by atoms with Crippen LogP contribution in [0.25, 0.3) is 0 Å². The van der Waals surface area contributed by atoms with E-state index in [9.17, 15) is 18.0 Å². The maximum Gasteiger partial charge on any atom is 0.305 e. The summed E-state index contributed by atoms with van der Waals surface area (Å²) in [6.07, 6.45) is 2.71. The Morgan fingerprint density at radius 3 is 2.33 bits per heavy atom. The number of sulfonamides is 1. The zero-order valence-electron chi connectivity index (χ0n) is 15.7. The lowest BCUT2D eigenvalue weighted by molar-refractivity contribution is -0.137. The number of hydrogen-bond acceptors (Lipinski definition) is 5. The largest absolute Gasteiger partial charge is 0.481 e. The maximum atomic E-state index is 12.7. The van der Waals surface area contributed by atoms with Crippen LogP contribution in [-0.4, -0.2) is 30.4 Å². The number of aromatic nitrogens is 1. The summed E-state index contributed by atoms with van der Waals surface area (Å²) in [5, 5.41) is 11.8. The van der Waals surface area contributed by atoms with Crippen LogP contribution in [0.1, 0.15) is 28.4 Å². The van der Waals surface area contributed by atoms with Gasteiger partial charge in [-0.25, -0.2) is 8.42 Å². The molecule has 8 nitrogen and oxygen atoms in total. The summed E-state index contributed by atoms with van der Waals surface area (Å²) in [7, 11) is -3.80. The number of rotatable bonds is 8. The van der Waals surface area contributed by atoms with Gasteiger partial charge in [-0.2, -0.15) is 0 Å². The lowest BCUT2D eigenvalue weighted by Crippen LogP contribution is -2.30. The van der Waals surface area contributed by atoms with Crippen molar-refractivity contribution >= 4 is 27.6 Å². The zero-order valence-corrected chi connectivity index (χ0v) is 16.5. The van der Waals surface area contributed by atoms with E-state index in [0.29, 0.717) is 5.56 Å². The summed E-state index contributed by atoms with van der Waals surface area (Å²) in [6, 6.07) is 16.3. The Bertz CT molecular complexity index is 1140. The molecule has 0 bridgehead atoms. The van der Waals surface area contributed by atoms with Crippen LogP contribution in [0.2, 0.25) is 0 Å². The first-order chi connectivity index (χ1) is 14.3. The van der Waals surface area contributed by atoms with E-state index < -0.39 is 27.9 Å². The van der Waals surface area contributed by atoms with E-state index in [-0.39, 0.29) is 22.6 Å². The highest BCUT2D eigenvalue weighted by molar-refractivity contribution is 7.92. The molecule has 0 saturated heterocycles. The molecule has 1 heterocycles. The SMILES string of the molecule is O=C(O)CC(NC(=O)c1cccc(NS(=O)(=O)c2ccccc2)c1)c1ccncc1. The van der Waals surface area contributed by atoms with Crippen LogP contribution in [0.15, 0.2) is 84.0 Å². The predicted octanol–water partition coefficient (Wildman–Crippen LogP) is 2.83. The molecular weight excluding hydrogens is 406 g/mol. The second kappa shape index (κ2) is 9.19. The average Bonchev–Trinajstić information content (AvgIpc) is 2.74. The number of amides is 1. The van der Waals surface area contributed by atoms with Crippen molar-refractivity contribution in [2.75, 3.05) is 4.72 Å². The molecule has 0 aliphatic rings. The first-order valence-electron chi connectivity index (χ1n) is 8.96. The van der Waals surface area contributed by atoms with Gasteiger partial charge in [0.25, 0.3) is 15.9 Å². The quantitative estimate of drug-likeness (QED) is 0.510. The fourth-order valence-corrected chi connectivity index (χ4v) is 3.87. The minimum atomic E-state index is -3.80. The first kappa shape index (κ1) is 21.0. The number of nitrogens with one attached hydrogen (secondary N) is 2. The van der Waals surface area contributed by atoms with Crippen LogP contribution < -0.4 is 10.0 Å². The molecule has 0 fully saturated rings. The second-order valence-corrected chi connectivity index (χ2v) is 8.09. The highest BCUT2D eigenvalue weighted by atomic mass is 32.2. The fraction of sp³-hybridized carbons (Fsp3) is 0.0952. The highest BCUT2D eigenvalue weighted by Crippen LogP contribution is 2.20. The van der Waals surface area contributed by atoms with Crippen LogP contribution in [-0.2, 0) is 14.8 Å². The van der Waals surface area contributed by atoms with Crippen LogP contribution in [0.3, 0.4) is 0 Å². The number of pyridine rings is 1. The number of benzene rings is 2. The summed E-state index contributed by atoms with van der Waals surface area (Å²) < 4.78 is 27.4. The van der Waals surface area contributed by atoms with Crippen molar-refractivity contribution in [3.63, 3.8) is 0 Å². The van der Waals surface area contributed by atoms with Gasteiger partial charge in [-0.1, -0.05) is 24.3 Å². The lowest BCUT2D eigenvalue weighted by Gasteiger charge is -2.17. The minimum Gasteiger partial charge on any atom is -0.481 e. The van der Waals surface area contributed by atoms with Gasteiger partial charge in [0.1, 0.15) is 0 Å². The molecule has 3 rings (SSSR count). The molecule has 30 heavy (non-hydrogen) atoms. The molecular formula is C21H19N3O5S. The van der Waals surface area contributed by atoms with Crippen LogP contribution in [0.4, 0.5) is 5.69 Å². The Labute approximate surface area is 173 Å². The smallest absolute Gasteiger partial charge is 0.305 e. The van der Waals surface area contributed by atoms with Crippen molar-refractivity contribution < 1.29 is 23.1 Å². The molecule has 0 radical (unpaired) electrons. The van der Waals surface area contributed by atoms with Gasteiger partial charge in [0.05, 0.1) is 17.4 Å². The summed E-state index contributed by atoms with van der Waals surface area (Å²) in [4.78, 5) is 27.9. The van der Waals surface area contributed by atoms with Gasteiger partial charge >= 0.3 is 5.97 Å². The topological polar surface area (TPSA) is 125 Å². The molecule has 3 N–H and O–H groups in total. The minimum absolute atomic E-state index is 0.0964. The monoisotopic (exact) mass is 425 g/mol. The van der Waals surface area contributed by atoms with Crippen LogP contribution >= 0.6 is 0 Å². The maximum absolute atomic E-state index is 12.7. The molecule has 0 saturated carbocycles. The highest BCUT2D eigenvalue weighted by Gasteiger charge is 2.20. The molecule has 0 aliphatic heterocycles. The van der Waals surface area contributed by atoms with Gasteiger partial charge in [0.2, 0.25) is 0 Å². The van der Waals surface area contributed by atoms with Gasteiger partial charge in [-0.05, 0) is 48.0 Å². The number of carbonyl (C=O) groups is 2. The molecule has 0 aliphatic carbocycles. The molecule has 2 aromatic carbocycles. The van der Waals surface area contributed by atoms with E-state index in [4.69, 9.17) is 5.11 Å². The van der Waals surface area contributed by atoms with Crippen LogP contribution in [0, 0.1) is 0 Å². The Hall–Kier alpha value is -3.72. The Morgan fingerprint density at radius 1 is 0.967 bits per heavy atom. The lowest BCUT2D eigenvalue weighted by atomic mass is 10.0. The second-order valence-electron chi connectivity index (χ2n) is 6.40. The van der Waals surface area contributed by atoms with E-state index in [0.717, 1.165) is 0 Å². The summed E-state index contributed by atoms with van der Waals surface area (Å²) in [6.45, 7) is 0. The first-order valence-corrected chi connectivity index (χ1v) is 10.4. The molecule has 9 heteroatoms. The number of nitrogens with zero attached hydrogens (tertiary/aromatic N) is 1. The Kier molecular flexibility index (Phi) is 6.43. The number of carboxylic acid groups (broad SMARTS) is 1. The molecule has 1 unspecified atom stereocenters. The Balaban J connectivity index is 1.79. The number of carbonyl (C=O) groups excluding carboxylic acids is 1. The third-order valence-corrected chi connectivity index (χ3v) is 5.62. The van der Waals surface area contributed by atoms with E-state index >= 15 is 0 Å².